The molecule has 0 amide bonds. The zero-order chi connectivity index (χ0) is 18.8. The van der Waals surface area contributed by atoms with E-state index in [0.29, 0.717) is 5.02 Å². The van der Waals surface area contributed by atoms with Crippen LogP contribution in [-0.4, -0.2) is 12.0 Å². The van der Waals surface area contributed by atoms with E-state index in [9.17, 15) is 0 Å². The molecule has 3 heteroatoms. The van der Waals surface area contributed by atoms with Gasteiger partial charge in [0.15, 0.2) is 0 Å². The van der Waals surface area contributed by atoms with Gasteiger partial charge in [-0.3, -0.25) is 4.98 Å². The molecule has 1 aromatic carbocycles. The molecule has 0 atom stereocenters. The molecule has 1 N–H and O–H groups in total. The first-order valence-corrected chi connectivity index (χ1v) is 8.85. The highest BCUT2D eigenvalue weighted by atomic mass is 35.5. The summed E-state index contributed by atoms with van der Waals surface area (Å²) in [6.45, 7) is 16.1. The van der Waals surface area contributed by atoms with Crippen LogP contribution < -0.4 is 5.32 Å². The number of pyridine rings is 1. The summed E-state index contributed by atoms with van der Waals surface area (Å²) in [5, 5.41) is 3.79. The van der Waals surface area contributed by atoms with E-state index in [4.69, 9.17) is 11.6 Å². The number of aromatic nitrogens is 1. The Balaban J connectivity index is 0.00000151. The van der Waals surface area contributed by atoms with Crippen LogP contribution in [0.2, 0.25) is 5.02 Å². The topological polar surface area (TPSA) is 24.9 Å². The van der Waals surface area contributed by atoms with E-state index in [1.807, 2.05) is 45.2 Å². The second kappa shape index (κ2) is 10.5. The molecule has 2 rings (SSSR count). The molecule has 0 radical (unpaired) electrons. The maximum Gasteiger partial charge on any atom is 0.0841 e. The molecule has 0 unspecified atom stereocenters. The summed E-state index contributed by atoms with van der Waals surface area (Å²) in [5.74, 6) is 0. The SMILES string of the molecule is C=Cc1cc(C(=C)CCC(=C)c2ncccc2Cl)ccc1NC.CC. The van der Waals surface area contributed by atoms with Gasteiger partial charge in [-0.25, -0.2) is 0 Å². The monoisotopic (exact) mass is 354 g/mol. The second-order valence-corrected chi connectivity index (χ2v) is 5.70. The summed E-state index contributed by atoms with van der Waals surface area (Å²) in [6.07, 6.45) is 5.15. The van der Waals surface area contributed by atoms with Crippen LogP contribution in [0.15, 0.2) is 56.3 Å². The summed E-state index contributed by atoms with van der Waals surface area (Å²) in [4.78, 5) is 4.30. The van der Waals surface area contributed by atoms with Gasteiger partial charge in [-0.15, -0.1) is 0 Å². The van der Waals surface area contributed by atoms with E-state index in [0.717, 1.165) is 46.5 Å². The number of anilines is 1. The van der Waals surface area contributed by atoms with Gasteiger partial charge < -0.3 is 5.32 Å². The third-order valence-corrected chi connectivity index (χ3v) is 4.08. The molecule has 2 aromatic rings. The molecule has 25 heavy (non-hydrogen) atoms. The highest BCUT2D eigenvalue weighted by molar-refractivity contribution is 6.32. The third kappa shape index (κ3) is 5.61. The number of rotatable bonds is 7. The minimum Gasteiger partial charge on any atom is -0.388 e. The Bertz CT molecular complexity index is 747. The molecule has 1 aromatic heterocycles. The Morgan fingerprint density at radius 3 is 2.44 bits per heavy atom. The Kier molecular flexibility index (Phi) is 8.73. The summed E-state index contributed by atoms with van der Waals surface area (Å²) < 4.78 is 0. The summed E-state index contributed by atoms with van der Waals surface area (Å²) >= 11 is 6.16. The molecule has 0 aliphatic rings. The molecule has 2 nitrogen and oxygen atoms in total. The first kappa shape index (κ1) is 20.7. The second-order valence-electron chi connectivity index (χ2n) is 5.30. The molecule has 0 saturated carbocycles. The lowest BCUT2D eigenvalue weighted by atomic mass is 9.97. The van der Waals surface area contributed by atoms with E-state index < -0.39 is 0 Å². The van der Waals surface area contributed by atoms with Crippen LogP contribution in [0.4, 0.5) is 5.69 Å². The van der Waals surface area contributed by atoms with Crippen LogP contribution >= 0.6 is 11.6 Å². The van der Waals surface area contributed by atoms with Crippen molar-refractivity contribution in [1.82, 2.24) is 4.98 Å². The van der Waals surface area contributed by atoms with Gasteiger partial charge in [-0.05, 0) is 59.4 Å². The summed E-state index contributed by atoms with van der Waals surface area (Å²) in [5.41, 5.74) is 5.98. The number of benzene rings is 1. The highest BCUT2D eigenvalue weighted by Crippen LogP contribution is 2.29. The Morgan fingerprint density at radius 2 is 1.84 bits per heavy atom. The van der Waals surface area contributed by atoms with E-state index in [-0.39, 0.29) is 0 Å². The van der Waals surface area contributed by atoms with Gasteiger partial charge in [0.05, 0.1) is 10.7 Å². The van der Waals surface area contributed by atoms with Gasteiger partial charge in [-0.2, -0.15) is 0 Å². The fraction of sp³-hybridized carbons (Fsp3) is 0.227. The van der Waals surface area contributed by atoms with Crippen LogP contribution in [0.1, 0.15) is 43.5 Å². The number of hydrogen-bond acceptors (Lipinski definition) is 2. The lowest BCUT2D eigenvalue weighted by Crippen LogP contribution is -1.94. The van der Waals surface area contributed by atoms with Crippen molar-refractivity contribution >= 4 is 34.5 Å². The molecular weight excluding hydrogens is 328 g/mol. The molecule has 0 fully saturated rings. The van der Waals surface area contributed by atoms with Gasteiger partial charge in [0.25, 0.3) is 0 Å². The van der Waals surface area contributed by atoms with Crippen molar-refractivity contribution in [2.24, 2.45) is 0 Å². The Hall–Kier alpha value is -2.32. The largest absolute Gasteiger partial charge is 0.388 e. The Morgan fingerprint density at radius 1 is 1.16 bits per heavy atom. The van der Waals surface area contributed by atoms with E-state index in [1.165, 1.54) is 0 Å². The fourth-order valence-corrected chi connectivity index (χ4v) is 2.64. The van der Waals surface area contributed by atoms with Crippen LogP contribution in [0.25, 0.3) is 17.2 Å². The number of halogens is 1. The molecule has 0 saturated heterocycles. The van der Waals surface area contributed by atoms with Gasteiger partial charge in [0.1, 0.15) is 0 Å². The highest BCUT2D eigenvalue weighted by Gasteiger charge is 2.08. The zero-order valence-corrected chi connectivity index (χ0v) is 16.2. The lowest BCUT2D eigenvalue weighted by molar-refractivity contribution is 1.07. The van der Waals surface area contributed by atoms with Crippen molar-refractivity contribution in [2.45, 2.75) is 26.7 Å². The predicted molar refractivity (Wildman–Crippen MR) is 114 cm³/mol. The molecule has 1 heterocycles. The van der Waals surface area contributed by atoms with Crippen LogP contribution in [0.3, 0.4) is 0 Å². The molecule has 0 bridgehead atoms. The van der Waals surface area contributed by atoms with Crippen molar-refractivity contribution in [3.05, 3.63) is 78.1 Å². The summed E-state index contributed by atoms with van der Waals surface area (Å²) in [7, 11) is 1.90. The maximum atomic E-state index is 6.16. The van der Waals surface area contributed by atoms with Crippen LogP contribution in [-0.2, 0) is 0 Å². The Labute approximate surface area is 157 Å². The quantitative estimate of drug-likeness (QED) is 0.581. The normalized spacial score (nSPS) is 9.60. The fourth-order valence-electron chi connectivity index (χ4n) is 2.39. The summed E-state index contributed by atoms with van der Waals surface area (Å²) in [6, 6.07) is 9.85. The maximum absolute atomic E-state index is 6.16. The first-order chi connectivity index (χ1) is 12.1. The third-order valence-electron chi connectivity index (χ3n) is 3.77. The van der Waals surface area contributed by atoms with Crippen LogP contribution in [0.5, 0.6) is 0 Å². The zero-order valence-electron chi connectivity index (χ0n) is 15.4. The molecule has 0 spiro atoms. The number of allylic oxidation sites excluding steroid dienone is 2. The molecular formula is C22H27ClN2. The van der Waals surface area contributed by atoms with E-state index >= 15 is 0 Å². The number of nitrogens with zero attached hydrogens (tertiary/aromatic N) is 1. The van der Waals surface area contributed by atoms with E-state index in [1.54, 1.807) is 6.20 Å². The van der Waals surface area contributed by atoms with E-state index in [2.05, 4.69) is 42.2 Å². The van der Waals surface area contributed by atoms with Crippen molar-refractivity contribution in [3.8, 4) is 0 Å². The van der Waals surface area contributed by atoms with Crippen LogP contribution in [0, 0.1) is 0 Å². The smallest absolute Gasteiger partial charge is 0.0841 e. The standard InChI is InChI=1S/C20H21ClN2.C2H6/c1-5-16-13-17(10-11-19(16)22-4)14(2)8-9-15(3)20-18(21)7-6-12-23-20;1-2/h5-7,10-13,22H,1-3,8-9H2,4H3;1-2H3. The molecule has 0 aliphatic carbocycles. The van der Waals surface area contributed by atoms with Gasteiger partial charge in [-0.1, -0.05) is 57.3 Å². The molecule has 0 aliphatic heterocycles. The van der Waals surface area contributed by atoms with Gasteiger partial charge in [0.2, 0.25) is 0 Å². The lowest BCUT2D eigenvalue weighted by Gasteiger charge is -2.12. The minimum atomic E-state index is 0.635. The average Bonchev–Trinajstić information content (AvgIpc) is 2.67. The molecule has 132 valence electrons. The predicted octanol–water partition coefficient (Wildman–Crippen LogP) is 6.95. The van der Waals surface area contributed by atoms with Crippen molar-refractivity contribution in [3.63, 3.8) is 0 Å². The van der Waals surface area contributed by atoms with Crippen molar-refractivity contribution in [2.75, 3.05) is 12.4 Å². The minimum absolute atomic E-state index is 0.635. The van der Waals surface area contributed by atoms with Crippen molar-refractivity contribution in [1.29, 1.82) is 0 Å². The number of nitrogens with one attached hydrogen (secondary N) is 1. The average molecular weight is 355 g/mol. The number of hydrogen-bond donors (Lipinski definition) is 1. The van der Waals surface area contributed by atoms with Gasteiger partial charge >= 0.3 is 0 Å². The van der Waals surface area contributed by atoms with Crippen molar-refractivity contribution < 1.29 is 0 Å². The first-order valence-electron chi connectivity index (χ1n) is 8.48. The van der Waals surface area contributed by atoms with Gasteiger partial charge in [0, 0.05) is 18.9 Å².